The standard InChI is InChI=1S/C29H19BrF3N3O5S2/c30-15-7-9-16(10-8-15)36-26(38)22-21(23-25(35-28(40)43-23)42-24(22)27(36)39)14-5-11-17(12-6-14)41-13-20(37)34-19-4-2-1-3-18(19)29(31,32)33/h1-12,21-22,24H,13H2,(H,34,37)(H,35,40). The van der Waals surface area contributed by atoms with Gasteiger partial charge in [-0.1, -0.05) is 63.3 Å². The number of benzene rings is 3. The van der Waals surface area contributed by atoms with Gasteiger partial charge in [0.15, 0.2) is 6.61 Å². The SMILES string of the molecule is O=C(COc1ccc(C2c3sc(=O)[nH]c3SC3C(=O)N(c4ccc(Br)cc4)C(=O)C32)cc1)Nc1ccccc1C(F)(F)F. The molecule has 1 aromatic heterocycles. The Morgan fingerprint density at radius 2 is 1.67 bits per heavy atom. The number of rotatable bonds is 6. The first-order valence-electron chi connectivity index (χ1n) is 12.7. The maximum atomic E-state index is 13.8. The second-order valence-electron chi connectivity index (χ2n) is 9.69. The molecule has 3 atom stereocenters. The second-order valence-corrected chi connectivity index (χ2v) is 12.8. The van der Waals surface area contributed by atoms with Crippen LogP contribution in [-0.2, 0) is 20.6 Å². The quantitative estimate of drug-likeness (QED) is 0.240. The largest absolute Gasteiger partial charge is 0.484 e. The van der Waals surface area contributed by atoms with Crippen molar-refractivity contribution in [1.29, 1.82) is 0 Å². The van der Waals surface area contributed by atoms with E-state index in [0.29, 0.717) is 21.2 Å². The van der Waals surface area contributed by atoms with E-state index in [0.717, 1.165) is 27.9 Å². The third-order valence-corrected chi connectivity index (χ3v) is 9.95. The topological polar surface area (TPSA) is 109 Å². The van der Waals surface area contributed by atoms with Gasteiger partial charge in [-0.15, -0.1) is 0 Å². The molecule has 2 N–H and O–H groups in total. The van der Waals surface area contributed by atoms with Gasteiger partial charge in [-0.3, -0.25) is 19.2 Å². The Balaban J connectivity index is 1.22. The molecule has 3 heterocycles. The minimum absolute atomic E-state index is 0.262. The summed E-state index contributed by atoms with van der Waals surface area (Å²) in [5.74, 6) is -2.64. The van der Waals surface area contributed by atoms with Crippen LogP contribution in [0.5, 0.6) is 5.75 Å². The van der Waals surface area contributed by atoms with Crippen LogP contribution in [0.15, 0.2) is 87.1 Å². The number of para-hydroxylation sites is 1. The highest BCUT2D eigenvalue weighted by Gasteiger charge is 2.56. The molecular weight excluding hydrogens is 671 g/mol. The third kappa shape index (κ3) is 5.61. The van der Waals surface area contributed by atoms with Gasteiger partial charge in [-0.25, -0.2) is 4.90 Å². The average molecular weight is 691 g/mol. The van der Waals surface area contributed by atoms with Crippen LogP contribution in [0.1, 0.15) is 21.9 Å². The number of nitrogens with one attached hydrogen (secondary N) is 2. The van der Waals surface area contributed by atoms with E-state index in [2.05, 4.69) is 26.2 Å². The zero-order valence-corrected chi connectivity index (χ0v) is 24.9. The van der Waals surface area contributed by atoms with Crippen LogP contribution >= 0.6 is 39.0 Å². The van der Waals surface area contributed by atoms with Crippen molar-refractivity contribution in [3.05, 3.63) is 103 Å². The predicted octanol–water partition coefficient (Wildman–Crippen LogP) is 6.03. The molecule has 43 heavy (non-hydrogen) atoms. The fraction of sp³-hybridized carbons (Fsp3) is 0.172. The number of carbonyl (C=O) groups excluding carboxylic acids is 3. The maximum Gasteiger partial charge on any atom is 0.418 e. The van der Waals surface area contributed by atoms with E-state index in [9.17, 15) is 32.3 Å². The Bertz CT molecular complexity index is 1790. The van der Waals surface area contributed by atoms with E-state index in [1.165, 1.54) is 28.8 Å². The number of halogens is 4. The molecule has 14 heteroatoms. The van der Waals surface area contributed by atoms with Crippen molar-refractivity contribution < 1.29 is 32.3 Å². The van der Waals surface area contributed by atoms with Crippen molar-refractivity contribution >= 4 is 68.1 Å². The zero-order chi connectivity index (χ0) is 30.5. The molecule has 0 aliphatic carbocycles. The summed E-state index contributed by atoms with van der Waals surface area (Å²) in [7, 11) is 0. The molecule has 2 aliphatic heterocycles. The number of alkyl halides is 3. The highest BCUT2D eigenvalue weighted by atomic mass is 79.9. The number of carbonyl (C=O) groups is 3. The Hall–Kier alpha value is -3.88. The van der Waals surface area contributed by atoms with Crippen LogP contribution in [0.4, 0.5) is 24.5 Å². The third-order valence-electron chi connectivity index (χ3n) is 7.02. The summed E-state index contributed by atoms with van der Waals surface area (Å²) in [6.07, 6.45) is -4.63. The number of anilines is 2. The normalized spacial score (nSPS) is 19.6. The van der Waals surface area contributed by atoms with Crippen molar-refractivity contribution in [2.45, 2.75) is 22.4 Å². The number of thiazole rings is 1. The fourth-order valence-corrected chi connectivity index (χ4v) is 7.95. The number of aromatic nitrogens is 1. The number of hydrogen-bond acceptors (Lipinski definition) is 7. The zero-order valence-electron chi connectivity index (χ0n) is 21.7. The van der Waals surface area contributed by atoms with Crippen LogP contribution in [0.2, 0.25) is 0 Å². The van der Waals surface area contributed by atoms with Crippen LogP contribution < -0.4 is 19.8 Å². The van der Waals surface area contributed by atoms with Crippen LogP contribution in [0.25, 0.3) is 0 Å². The Morgan fingerprint density at radius 1 is 0.977 bits per heavy atom. The minimum Gasteiger partial charge on any atom is -0.484 e. The molecule has 0 saturated carbocycles. The Labute approximate surface area is 258 Å². The number of imide groups is 1. The highest BCUT2D eigenvalue weighted by Crippen LogP contribution is 2.53. The van der Waals surface area contributed by atoms with E-state index in [-0.39, 0.29) is 28.1 Å². The molecule has 3 aromatic carbocycles. The maximum absolute atomic E-state index is 13.8. The van der Waals surface area contributed by atoms with Crippen molar-refractivity contribution in [3.8, 4) is 5.75 Å². The lowest BCUT2D eigenvalue weighted by Crippen LogP contribution is -2.32. The van der Waals surface area contributed by atoms with Crippen molar-refractivity contribution in [2.75, 3.05) is 16.8 Å². The van der Waals surface area contributed by atoms with Crippen LogP contribution in [-0.4, -0.2) is 34.6 Å². The van der Waals surface area contributed by atoms with Crippen LogP contribution in [0.3, 0.4) is 0 Å². The summed E-state index contributed by atoms with van der Waals surface area (Å²) < 4.78 is 46.0. The first kappa shape index (κ1) is 29.2. The van der Waals surface area contributed by atoms with Gasteiger partial charge in [0.1, 0.15) is 11.0 Å². The molecule has 3 unspecified atom stereocenters. The summed E-state index contributed by atoms with van der Waals surface area (Å²) in [6.45, 7) is -0.547. The molecule has 6 rings (SSSR count). The van der Waals surface area contributed by atoms with Crippen LogP contribution in [0, 0.1) is 5.92 Å². The van der Waals surface area contributed by atoms with Gasteiger partial charge in [-0.05, 0) is 54.1 Å². The summed E-state index contributed by atoms with van der Waals surface area (Å²) in [5, 5.41) is 2.01. The Morgan fingerprint density at radius 3 is 2.37 bits per heavy atom. The first-order chi connectivity index (χ1) is 20.5. The number of fused-ring (bicyclic) bond motifs is 2. The monoisotopic (exact) mass is 689 g/mol. The number of H-pyrrole nitrogens is 1. The molecule has 4 aromatic rings. The van der Waals surface area contributed by atoms with E-state index < -0.39 is 41.3 Å². The highest BCUT2D eigenvalue weighted by molar-refractivity contribution is 9.10. The van der Waals surface area contributed by atoms with Gasteiger partial charge in [-0.2, -0.15) is 13.2 Å². The lowest BCUT2D eigenvalue weighted by Gasteiger charge is -2.29. The average Bonchev–Trinajstić information content (AvgIpc) is 3.46. The molecule has 8 nitrogen and oxygen atoms in total. The smallest absolute Gasteiger partial charge is 0.418 e. The summed E-state index contributed by atoms with van der Waals surface area (Å²) in [5.41, 5.74) is -0.246. The van der Waals surface area contributed by atoms with Gasteiger partial charge >= 0.3 is 11.0 Å². The van der Waals surface area contributed by atoms with Gasteiger partial charge in [0.05, 0.1) is 27.9 Å². The number of nitrogens with zero attached hydrogens (tertiary/aromatic N) is 1. The summed E-state index contributed by atoms with van der Waals surface area (Å²) in [6, 6.07) is 18.0. The molecule has 220 valence electrons. The van der Waals surface area contributed by atoms with E-state index in [1.54, 1.807) is 48.5 Å². The number of hydrogen-bond donors (Lipinski definition) is 2. The molecule has 0 spiro atoms. The summed E-state index contributed by atoms with van der Waals surface area (Å²) >= 11 is 5.51. The molecule has 2 aliphatic rings. The van der Waals surface area contributed by atoms with Gasteiger partial charge in [0.25, 0.3) is 5.91 Å². The lowest BCUT2D eigenvalue weighted by molar-refractivity contribution is -0.137. The molecule has 0 bridgehead atoms. The molecule has 1 saturated heterocycles. The van der Waals surface area contributed by atoms with E-state index in [1.807, 2.05) is 0 Å². The molecule has 3 amide bonds. The number of aromatic amines is 1. The first-order valence-corrected chi connectivity index (χ1v) is 15.2. The second kappa shape index (κ2) is 11.3. The number of amides is 3. The van der Waals surface area contributed by atoms with E-state index >= 15 is 0 Å². The fourth-order valence-electron chi connectivity index (χ4n) is 5.17. The van der Waals surface area contributed by atoms with Gasteiger partial charge in [0.2, 0.25) is 11.8 Å². The van der Waals surface area contributed by atoms with Crippen molar-refractivity contribution in [1.82, 2.24) is 4.98 Å². The van der Waals surface area contributed by atoms with Gasteiger partial charge < -0.3 is 15.0 Å². The van der Waals surface area contributed by atoms with Crippen molar-refractivity contribution in [2.24, 2.45) is 5.92 Å². The summed E-state index contributed by atoms with van der Waals surface area (Å²) in [4.78, 5) is 56.2. The number of thioether (sulfide) groups is 1. The van der Waals surface area contributed by atoms with Crippen molar-refractivity contribution in [3.63, 3.8) is 0 Å². The molecular formula is C29H19BrF3N3O5S2. The number of ether oxygens (including phenoxy) is 1. The lowest BCUT2D eigenvalue weighted by atomic mass is 9.83. The predicted molar refractivity (Wildman–Crippen MR) is 159 cm³/mol. The Kier molecular flexibility index (Phi) is 7.69. The molecule has 1 fully saturated rings. The minimum atomic E-state index is -4.63. The van der Waals surface area contributed by atoms with Gasteiger partial charge in [0, 0.05) is 15.3 Å². The molecule has 0 radical (unpaired) electrons. The van der Waals surface area contributed by atoms with E-state index in [4.69, 9.17) is 4.74 Å².